The van der Waals surface area contributed by atoms with Gasteiger partial charge in [-0.25, -0.2) is 0 Å². The molecule has 0 radical (unpaired) electrons. The van der Waals surface area contributed by atoms with Crippen LogP contribution in [0.5, 0.6) is 0 Å². The largest absolute Gasteiger partial charge is 0.0990 e. The van der Waals surface area contributed by atoms with E-state index < -0.39 is 0 Å². The molecular weight excluding hydrogens is 391 g/mol. The SMILES string of the molecule is C=C/C=C(\C=C/C)C(=C(\I)c1ccc(C)cc1)/c1ccccc1. The van der Waals surface area contributed by atoms with E-state index in [1.54, 1.807) is 0 Å². The van der Waals surface area contributed by atoms with Crippen LogP contribution in [0.25, 0.3) is 9.15 Å². The number of hydrogen-bond donors (Lipinski definition) is 0. The van der Waals surface area contributed by atoms with Crippen LogP contribution in [0, 0.1) is 6.92 Å². The van der Waals surface area contributed by atoms with Crippen molar-refractivity contribution < 1.29 is 0 Å². The van der Waals surface area contributed by atoms with Gasteiger partial charge in [-0.15, -0.1) is 0 Å². The molecule has 23 heavy (non-hydrogen) atoms. The van der Waals surface area contributed by atoms with E-state index in [1.807, 2.05) is 19.1 Å². The number of rotatable bonds is 5. The van der Waals surface area contributed by atoms with Crippen LogP contribution in [-0.4, -0.2) is 0 Å². The predicted molar refractivity (Wildman–Crippen MR) is 112 cm³/mol. The average molecular weight is 412 g/mol. The van der Waals surface area contributed by atoms with Crippen LogP contribution in [0.4, 0.5) is 0 Å². The summed E-state index contributed by atoms with van der Waals surface area (Å²) in [6, 6.07) is 19.2. The van der Waals surface area contributed by atoms with Gasteiger partial charge >= 0.3 is 0 Å². The molecule has 0 aliphatic rings. The molecule has 0 aromatic heterocycles. The molecule has 0 saturated heterocycles. The Morgan fingerprint density at radius 1 is 0.957 bits per heavy atom. The maximum absolute atomic E-state index is 3.87. The third-order valence-electron chi connectivity index (χ3n) is 3.52. The molecule has 0 fully saturated rings. The number of benzene rings is 2. The fourth-order valence-corrected chi connectivity index (χ4v) is 3.38. The smallest absolute Gasteiger partial charge is 0.0287 e. The zero-order valence-electron chi connectivity index (χ0n) is 13.6. The van der Waals surface area contributed by atoms with Crippen LogP contribution in [0.1, 0.15) is 23.6 Å². The molecule has 0 amide bonds. The standard InChI is InChI=1S/C22H21I/c1-4-9-18(10-5-2)21(19-11-7-6-8-12-19)22(23)20-15-13-17(3)14-16-20/h4-16H,1H2,2-3H3/b10-5-,18-9+,22-21+. The van der Waals surface area contributed by atoms with Crippen LogP contribution in [0.3, 0.4) is 0 Å². The Morgan fingerprint density at radius 3 is 2.17 bits per heavy atom. The van der Waals surface area contributed by atoms with E-state index in [1.165, 1.54) is 31.4 Å². The van der Waals surface area contributed by atoms with Gasteiger partial charge in [-0.05, 0) is 53.1 Å². The Kier molecular flexibility index (Phi) is 6.60. The normalized spacial score (nSPS) is 13.1. The van der Waals surface area contributed by atoms with E-state index in [2.05, 4.69) is 103 Å². The van der Waals surface area contributed by atoms with Gasteiger partial charge in [0.15, 0.2) is 0 Å². The van der Waals surface area contributed by atoms with E-state index in [9.17, 15) is 0 Å². The molecule has 0 unspecified atom stereocenters. The van der Waals surface area contributed by atoms with Crippen LogP contribution in [0.2, 0.25) is 0 Å². The van der Waals surface area contributed by atoms with E-state index in [0.717, 1.165) is 0 Å². The summed E-state index contributed by atoms with van der Waals surface area (Å²) in [6.45, 7) is 8.02. The molecule has 0 heterocycles. The van der Waals surface area contributed by atoms with Gasteiger partial charge in [-0.2, -0.15) is 0 Å². The molecule has 0 saturated carbocycles. The first-order valence-electron chi connectivity index (χ1n) is 7.65. The van der Waals surface area contributed by atoms with Crippen molar-refractivity contribution in [1.29, 1.82) is 0 Å². The molecule has 1 heteroatoms. The quantitative estimate of drug-likeness (QED) is 0.282. The van der Waals surface area contributed by atoms with Gasteiger partial charge in [0.05, 0.1) is 0 Å². The number of aryl methyl sites for hydroxylation is 1. The molecular formula is C22H21I. The van der Waals surface area contributed by atoms with Crippen molar-refractivity contribution in [1.82, 2.24) is 0 Å². The van der Waals surface area contributed by atoms with Crippen molar-refractivity contribution in [3.8, 4) is 0 Å². The van der Waals surface area contributed by atoms with E-state index in [4.69, 9.17) is 0 Å². The summed E-state index contributed by atoms with van der Waals surface area (Å²) in [7, 11) is 0. The van der Waals surface area contributed by atoms with Gasteiger partial charge < -0.3 is 0 Å². The van der Waals surface area contributed by atoms with Crippen LogP contribution >= 0.6 is 22.6 Å². The zero-order valence-corrected chi connectivity index (χ0v) is 15.7. The Morgan fingerprint density at radius 2 is 1.61 bits per heavy atom. The highest BCUT2D eigenvalue weighted by molar-refractivity contribution is 14.1. The van der Waals surface area contributed by atoms with Crippen molar-refractivity contribution in [2.45, 2.75) is 13.8 Å². The summed E-state index contributed by atoms with van der Waals surface area (Å²) in [5.74, 6) is 0. The lowest BCUT2D eigenvalue weighted by atomic mass is 9.94. The molecule has 0 N–H and O–H groups in total. The molecule has 0 aliphatic carbocycles. The molecule has 2 aromatic carbocycles. The third-order valence-corrected chi connectivity index (χ3v) is 4.68. The second-order valence-electron chi connectivity index (χ2n) is 5.28. The Bertz CT molecular complexity index is 744. The minimum Gasteiger partial charge on any atom is -0.0990 e. The van der Waals surface area contributed by atoms with Crippen LogP contribution in [0.15, 0.2) is 91.1 Å². The number of hydrogen-bond acceptors (Lipinski definition) is 0. The lowest BCUT2D eigenvalue weighted by Gasteiger charge is -2.14. The van der Waals surface area contributed by atoms with Crippen LogP contribution in [-0.2, 0) is 0 Å². The van der Waals surface area contributed by atoms with Crippen molar-refractivity contribution >= 4 is 31.7 Å². The van der Waals surface area contributed by atoms with Gasteiger partial charge in [-0.3, -0.25) is 0 Å². The summed E-state index contributed by atoms with van der Waals surface area (Å²) in [5.41, 5.74) is 6.11. The first kappa shape index (κ1) is 17.5. The second kappa shape index (κ2) is 8.68. The van der Waals surface area contributed by atoms with Crippen LogP contribution < -0.4 is 0 Å². The minimum atomic E-state index is 1.17. The molecule has 0 spiro atoms. The Labute approximate surface area is 153 Å². The maximum atomic E-state index is 3.87. The van der Waals surface area contributed by atoms with Gasteiger partial charge in [0.25, 0.3) is 0 Å². The third kappa shape index (κ3) is 4.55. The molecule has 0 nitrogen and oxygen atoms in total. The maximum Gasteiger partial charge on any atom is 0.0287 e. The molecule has 2 aromatic rings. The average Bonchev–Trinajstić information content (AvgIpc) is 2.57. The van der Waals surface area contributed by atoms with E-state index >= 15 is 0 Å². The van der Waals surface area contributed by atoms with Gasteiger partial charge in [0, 0.05) is 9.15 Å². The first-order valence-corrected chi connectivity index (χ1v) is 8.73. The summed E-state index contributed by atoms with van der Waals surface area (Å²) in [6.07, 6.45) is 8.11. The van der Waals surface area contributed by atoms with Crippen molar-refractivity contribution in [2.24, 2.45) is 0 Å². The lowest BCUT2D eigenvalue weighted by molar-refractivity contribution is 1.46. The molecule has 0 aliphatic heterocycles. The van der Waals surface area contributed by atoms with Crippen molar-refractivity contribution in [3.63, 3.8) is 0 Å². The minimum absolute atomic E-state index is 1.17. The fourth-order valence-electron chi connectivity index (χ4n) is 2.40. The second-order valence-corrected chi connectivity index (χ2v) is 6.36. The first-order chi connectivity index (χ1) is 11.2. The monoisotopic (exact) mass is 412 g/mol. The number of halogens is 1. The van der Waals surface area contributed by atoms with Gasteiger partial charge in [0.2, 0.25) is 0 Å². The summed E-state index contributed by atoms with van der Waals surface area (Å²) < 4.78 is 1.24. The predicted octanol–water partition coefficient (Wildman–Crippen LogP) is 6.99. The van der Waals surface area contributed by atoms with Crippen molar-refractivity contribution in [3.05, 3.63) is 108 Å². The van der Waals surface area contributed by atoms with Crippen molar-refractivity contribution in [2.75, 3.05) is 0 Å². The van der Waals surface area contributed by atoms with E-state index in [-0.39, 0.29) is 0 Å². The molecule has 2 rings (SSSR count). The van der Waals surface area contributed by atoms with Gasteiger partial charge in [0.1, 0.15) is 0 Å². The van der Waals surface area contributed by atoms with E-state index in [0.29, 0.717) is 0 Å². The summed E-state index contributed by atoms with van der Waals surface area (Å²) in [5, 5.41) is 0. The molecule has 0 atom stereocenters. The number of allylic oxidation sites excluding steroid dienone is 6. The Balaban J connectivity index is 2.70. The molecule has 0 bridgehead atoms. The topological polar surface area (TPSA) is 0 Å². The van der Waals surface area contributed by atoms with Gasteiger partial charge in [-0.1, -0.05) is 91.0 Å². The summed E-state index contributed by atoms with van der Waals surface area (Å²) in [4.78, 5) is 0. The highest BCUT2D eigenvalue weighted by Gasteiger charge is 2.12. The zero-order chi connectivity index (χ0) is 16.7. The highest BCUT2D eigenvalue weighted by Crippen LogP contribution is 2.37. The summed E-state index contributed by atoms with van der Waals surface area (Å²) >= 11 is 2.45. The fraction of sp³-hybridized carbons (Fsp3) is 0.0909. The molecule has 116 valence electrons. The lowest BCUT2D eigenvalue weighted by Crippen LogP contribution is -1.92. The Hall–Kier alpha value is -1.87. The highest BCUT2D eigenvalue weighted by atomic mass is 127.